The van der Waals surface area contributed by atoms with Gasteiger partial charge in [0.25, 0.3) is 5.56 Å². The number of hydrogen-bond acceptors (Lipinski definition) is 3. The van der Waals surface area contributed by atoms with Crippen LogP contribution in [0.5, 0.6) is 0 Å². The Morgan fingerprint density at radius 1 is 1.16 bits per heavy atom. The van der Waals surface area contributed by atoms with E-state index < -0.39 is 0 Å². The van der Waals surface area contributed by atoms with Crippen molar-refractivity contribution in [2.24, 2.45) is 0 Å². The van der Waals surface area contributed by atoms with E-state index in [-0.39, 0.29) is 11.4 Å². The molecular weight excluding hydrogens is 335 g/mol. The lowest BCUT2D eigenvalue weighted by Gasteiger charge is -2.07. The van der Waals surface area contributed by atoms with Crippen molar-refractivity contribution in [2.75, 3.05) is 0 Å². The predicted octanol–water partition coefficient (Wildman–Crippen LogP) is 4.62. The fourth-order valence-electron chi connectivity index (χ4n) is 2.86. The maximum atomic E-state index is 13.4. The molecule has 0 atom stereocenters. The van der Waals surface area contributed by atoms with Crippen LogP contribution < -0.4 is 5.56 Å². The third kappa shape index (κ3) is 2.98. The second kappa shape index (κ2) is 6.26. The van der Waals surface area contributed by atoms with Crippen molar-refractivity contribution >= 4 is 21.6 Å². The summed E-state index contributed by atoms with van der Waals surface area (Å²) in [6.45, 7) is 2.33. The minimum Gasteiger partial charge on any atom is -0.294 e. The number of benzene rings is 2. The van der Waals surface area contributed by atoms with Crippen LogP contribution in [-0.4, -0.2) is 9.55 Å². The maximum absolute atomic E-state index is 13.4. The Morgan fingerprint density at radius 3 is 2.72 bits per heavy atom. The van der Waals surface area contributed by atoms with Crippen LogP contribution >= 0.6 is 11.3 Å². The molecule has 2 aromatic carbocycles. The second-order valence-corrected chi connectivity index (χ2v) is 6.86. The van der Waals surface area contributed by atoms with Gasteiger partial charge in [0.05, 0.1) is 18.3 Å². The lowest BCUT2D eigenvalue weighted by Crippen LogP contribution is -2.21. The first-order chi connectivity index (χ1) is 12.1. The Kier molecular flexibility index (Phi) is 3.93. The highest BCUT2D eigenvalue weighted by Crippen LogP contribution is 2.30. The molecule has 0 N–H and O–H groups in total. The third-order valence-corrected chi connectivity index (χ3v) is 5.05. The summed E-state index contributed by atoms with van der Waals surface area (Å²) in [4.78, 5) is 18.1. The molecule has 4 aromatic rings. The maximum Gasteiger partial charge on any atom is 0.263 e. The van der Waals surface area contributed by atoms with Crippen molar-refractivity contribution in [1.29, 1.82) is 0 Å². The van der Waals surface area contributed by atoms with Gasteiger partial charge in [-0.25, -0.2) is 9.37 Å². The molecule has 0 aliphatic rings. The lowest BCUT2D eigenvalue weighted by molar-refractivity contribution is 0.622. The van der Waals surface area contributed by atoms with Crippen LogP contribution in [0.15, 0.2) is 65.0 Å². The van der Waals surface area contributed by atoms with E-state index in [4.69, 9.17) is 0 Å². The topological polar surface area (TPSA) is 34.9 Å². The second-order valence-electron chi connectivity index (χ2n) is 6.00. The highest BCUT2D eigenvalue weighted by Gasteiger charge is 2.13. The number of fused-ring (bicyclic) bond motifs is 1. The van der Waals surface area contributed by atoms with Crippen LogP contribution in [0.25, 0.3) is 21.3 Å². The van der Waals surface area contributed by atoms with Gasteiger partial charge in [-0.15, -0.1) is 11.3 Å². The molecule has 0 unspecified atom stereocenters. The van der Waals surface area contributed by atoms with E-state index in [0.29, 0.717) is 11.9 Å². The van der Waals surface area contributed by atoms with Crippen LogP contribution in [0.2, 0.25) is 0 Å². The minimum absolute atomic E-state index is 0.105. The molecule has 2 heterocycles. The van der Waals surface area contributed by atoms with Gasteiger partial charge in [0.15, 0.2) is 0 Å². The van der Waals surface area contributed by atoms with Crippen molar-refractivity contribution in [3.8, 4) is 11.1 Å². The summed E-state index contributed by atoms with van der Waals surface area (Å²) < 4.78 is 14.9. The first-order valence-corrected chi connectivity index (χ1v) is 8.78. The van der Waals surface area contributed by atoms with Gasteiger partial charge in [-0.05, 0) is 30.2 Å². The summed E-state index contributed by atoms with van der Waals surface area (Å²) in [7, 11) is 0. The predicted molar refractivity (Wildman–Crippen MR) is 99.6 cm³/mol. The molecular formula is C20H15FN2OS. The van der Waals surface area contributed by atoms with E-state index in [2.05, 4.69) is 4.98 Å². The minimum atomic E-state index is -0.310. The van der Waals surface area contributed by atoms with Gasteiger partial charge >= 0.3 is 0 Å². The van der Waals surface area contributed by atoms with E-state index in [0.717, 1.165) is 21.5 Å². The molecule has 0 bridgehead atoms. The van der Waals surface area contributed by atoms with Crippen LogP contribution in [0.3, 0.4) is 0 Å². The number of aromatic nitrogens is 2. The molecule has 124 valence electrons. The standard InChI is InChI=1S/C20H15FN2OS/c1-13-5-7-15(8-6-13)17-11-25-19-18(17)20(24)23(12-22-19)10-14-3-2-4-16(21)9-14/h2-9,11-12H,10H2,1H3. The molecule has 0 aliphatic heterocycles. The fraction of sp³-hybridized carbons (Fsp3) is 0.100. The first-order valence-electron chi connectivity index (χ1n) is 7.90. The van der Waals surface area contributed by atoms with Gasteiger partial charge in [-0.1, -0.05) is 42.0 Å². The molecule has 25 heavy (non-hydrogen) atoms. The van der Waals surface area contributed by atoms with Gasteiger partial charge in [0.1, 0.15) is 10.6 Å². The van der Waals surface area contributed by atoms with Crippen molar-refractivity contribution in [1.82, 2.24) is 9.55 Å². The number of rotatable bonds is 3. The van der Waals surface area contributed by atoms with E-state index in [9.17, 15) is 9.18 Å². The zero-order valence-electron chi connectivity index (χ0n) is 13.6. The molecule has 0 fully saturated rings. The van der Waals surface area contributed by atoms with E-state index >= 15 is 0 Å². The largest absolute Gasteiger partial charge is 0.294 e. The first kappa shape index (κ1) is 15.7. The molecule has 0 saturated heterocycles. The van der Waals surface area contributed by atoms with Gasteiger partial charge in [-0.3, -0.25) is 9.36 Å². The average molecular weight is 350 g/mol. The van der Waals surface area contributed by atoms with Crippen LogP contribution in [-0.2, 0) is 6.54 Å². The van der Waals surface area contributed by atoms with E-state index in [1.165, 1.54) is 39.9 Å². The van der Waals surface area contributed by atoms with Crippen LogP contribution in [0.4, 0.5) is 4.39 Å². The monoisotopic (exact) mass is 350 g/mol. The van der Waals surface area contributed by atoms with Gasteiger partial charge in [-0.2, -0.15) is 0 Å². The Hall–Kier alpha value is -2.79. The van der Waals surface area contributed by atoms with E-state index in [1.807, 2.05) is 36.6 Å². The molecule has 0 radical (unpaired) electrons. The van der Waals surface area contributed by atoms with Gasteiger partial charge in [0, 0.05) is 10.9 Å². The van der Waals surface area contributed by atoms with Crippen molar-refractivity contribution in [3.63, 3.8) is 0 Å². The molecule has 3 nitrogen and oxygen atoms in total. The summed E-state index contributed by atoms with van der Waals surface area (Å²) >= 11 is 1.46. The number of thiophene rings is 1. The summed E-state index contributed by atoms with van der Waals surface area (Å²) in [5.41, 5.74) is 3.69. The van der Waals surface area contributed by atoms with Gasteiger partial charge in [0.2, 0.25) is 0 Å². The van der Waals surface area contributed by atoms with Crippen LogP contribution in [0, 0.1) is 12.7 Å². The SMILES string of the molecule is Cc1ccc(-c2csc3ncn(Cc4cccc(F)c4)c(=O)c23)cc1. The van der Waals surface area contributed by atoms with Crippen molar-refractivity contribution < 1.29 is 4.39 Å². The molecule has 2 aromatic heterocycles. The quantitative estimate of drug-likeness (QED) is 0.540. The highest BCUT2D eigenvalue weighted by molar-refractivity contribution is 7.17. The lowest BCUT2D eigenvalue weighted by atomic mass is 10.1. The summed E-state index contributed by atoms with van der Waals surface area (Å²) in [6, 6.07) is 14.4. The van der Waals surface area contributed by atoms with Crippen molar-refractivity contribution in [2.45, 2.75) is 13.5 Å². The number of nitrogens with zero attached hydrogens (tertiary/aromatic N) is 2. The molecule has 0 aliphatic carbocycles. The Morgan fingerprint density at radius 2 is 1.96 bits per heavy atom. The highest BCUT2D eigenvalue weighted by atomic mass is 32.1. The Labute approximate surface area is 148 Å². The molecule has 0 amide bonds. The van der Waals surface area contributed by atoms with Gasteiger partial charge < -0.3 is 0 Å². The summed E-state index contributed by atoms with van der Waals surface area (Å²) in [5, 5.41) is 2.59. The zero-order valence-corrected chi connectivity index (χ0v) is 14.4. The third-order valence-electron chi connectivity index (χ3n) is 4.17. The molecule has 0 saturated carbocycles. The number of aryl methyl sites for hydroxylation is 1. The van der Waals surface area contributed by atoms with E-state index in [1.54, 1.807) is 12.1 Å². The van der Waals surface area contributed by atoms with Crippen molar-refractivity contribution in [3.05, 3.63) is 87.5 Å². The molecule has 5 heteroatoms. The number of hydrogen-bond donors (Lipinski definition) is 0. The normalized spacial score (nSPS) is 11.1. The fourth-order valence-corrected chi connectivity index (χ4v) is 3.76. The summed E-state index contributed by atoms with van der Waals surface area (Å²) in [6.07, 6.45) is 1.53. The Bertz CT molecular complexity index is 1110. The number of halogens is 1. The summed E-state index contributed by atoms with van der Waals surface area (Å²) in [5.74, 6) is -0.310. The Balaban J connectivity index is 1.83. The smallest absolute Gasteiger partial charge is 0.263 e. The molecule has 4 rings (SSSR count). The van der Waals surface area contributed by atoms with Crippen LogP contribution in [0.1, 0.15) is 11.1 Å². The zero-order chi connectivity index (χ0) is 17.4. The average Bonchev–Trinajstić information content (AvgIpc) is 3.03. The molecule has 0 spiro atoms.